The predicted molar refractivity (Wildman–Crippen MR) is 109 cm³/mol. The van der Waals surface area contributed by atoms with Crippen molar-refractivity contribution in [2.75, 3.05) is 24.1 Å². The van der Waals surface area contributed by atoms with Gasteiger partial charge in [0.15, 0.2) is 5.84 Å². The van der Waals surface area contributed by atoms with Crippen LogP contribution in [0.15, 0.2) is 51.9 Å². The standard InChI is InChI=1S/C18H19N5O3S.ClH/c19-16-6-5-13(11-20-16)21-18(24)12-7-9-23(10-8-12)17-14-3-1-2-4-15(14)27(25,26)22-17;/h1-6,11-12H,7-10H2,(H2,19,20)(H,21,24);1H. The molecule has 1 aromatic carbocycles. The van der Waals surface area contributed by atoms with E-state index in [-0.39, 0.29) is 29.1 Å². The average Bonchev–Trinajstić information content (AvgIpc) is 2.95. The normalized spacial score (nSPS) is 18.0. The van der Waals surface area contributed by atoms with Gasteiger partial charge in [-0.15, -0.1) is 16.8 Å². The Morgan fingerprint density at radius 2 is 1.86 bits per heavy atom. The molecular weight excluding hydrogens is 402 g/mol. The maximum absolute atomic E-state index is 12.5. The van der Waals surface area contributed by atoms with Gasteiger partial charge in [0, 0.05) is 24.6 Å². The van der Waals surface area contributed by atoms with Crippen LogP contribution in [0.25, 0.3) is 0 Å². The number of sulfonamides is 1. The lowest BCUT2D eigenvalue weighted by molar-refractivity contribution is -0.120. The monoisotopic (exact) mass is 421 g/mol. The van der Waals surface area contributed by atoms with Gasteiger partial charge in [-0.25, -0.2) is 4.98 Å². The highest BCUT2D eigenvalue weighted by Crippen LogP contribution is 2.30. The molecule has 0 saturated carbocycles. The Balaban J connectivity index is 0.00000225. The highest BCUT2D eigenvalue weighted by Gasteiger charge is 2.34. The second kappa shape index (κ2) is 7.76. The number of carbonyl (C=O) groups excluding carboxylic acids is 1. The summed E-state index contributed by atoms with van der Waals surface area (Å²) >= 11 is 0. The number of hydrogen-bond acceptors (Lipinski definition) is 6. The number of carbonyl (C=O) groups is 1. The Morgan fingerprint density at radius 1 is 1.14 bits per heavy atom. The van der Waals surface area contributed by atoms with Crippen LogP contribution >= 0.6 is 12.4 Å². The minimum atomic E-state index is -3.63. The molecule has 0 radical (unpaired) electrons. The van der Waals surface area contributed by atoms with Crippen molar-refractivity contribution in [3.05, 3.63) is 48.2 Å². The maximum Gasteiger partial charge on any atom is 0.285 e. The van der Waals surface area contributed by atoms with Gasteiger partial charge in [-0.05, 0) is 37.1 Å². The molecule has 1 saturated heterocycles. The molecule has 0 atom stereocenters. The van der Waals surface area contributed by atoms with Crippen LogP contribution in [0, 0.1) is 5.92 Å². The van der Waals surface area contributed by atoms with Crippen LogP contribution in [0.1, 0.15) is 18.4 Å². The molecule has 10 heteroatoms. The molecule has 0 unspecified atom stereocenters. The molecule has 0 spiro atoms. The molecule has 28 heavy (non-hydrogen) atoms. The van der Waals surface area contributed by atoms with Crippen LogP contribution in [0.5, 0.6) is 0 Å². The number of rotatable bonds is 2. The maximum atomic E-state index is 12.5. The quantitative estimate of drug-likeness (QED) is 0.764. The number of fused-ring (bicyclic) bond motifs is 1. The zero-order valence-electron chi connectivity index (χ0n) is 14.9. The van der Waals surface area contributed by atoms with E-state index < -0.39 is 10.0 Å². The van der Waals surface area contributed by atoms with Crippen molar-refractivity contribution in [3.63, 3.8) is 0 Å². The molecular formula is C18H20ClN5O3S. The van der Waals surface area contributed by atoms with E-state index in [2.05, 4.69) is 14.7 Å². The van der Waals surface area contributed by atoms with Crippen molar-refractivity contribution in [2.45, 2.75) is 17.7 Å². The molecule has 4 rings (SSSR count). The molecule has 2 aliphatic heterocycles. The van der Waals surface area contributed by atoms with Gasteiger partial charge >= 0.3 is 0 Å². The van der Waals surface area contributed by atoms with Crippen LogP contribution in [-0.2, 0) is 14.8 Å². The number of benzene rings is 1. The third-order valence-electron chi connectivity index (χ3n) is 4.83. The number of anilines is 2. The summed E-state index contributed by atoms with van der Waals surface area (Å²) in [4.78, 5) is 18.6. The van der Waals surface area contributed by atoms with Crippen molar-refractivity contribution >= 4 is 45.7 Å². The number of nitrogens with one attached hydrogen (secondary N) is 1. The van der Waals surface area contributed by atoms with E-state index >= 15 is 0 Å². The van der Waals surface area contributed by atoms with Crippen molar-refractivity contribution in [2.24, 2.45) is 10.3 Å². The van der Waals surface area contributed by atoms with Gasteiger partial charge in [-0.1, -0.05) is 12.1 Å². The predicted octanol–water partition coefficient (Wildman–Crippen LogP) is 1.89. The fraction of sp³-hybridized carbons (Fsp3) is 0.278. The van der Waals surface area contributed by atoms with Crippen LogP contribution in [0.3, 0.4) is 0 Å². The van der Waals surface area contributed by atoms with Crippen LogP contribution < -0.4 is 11.1 Å². The zero-order chi connectivity index (χ0) is 19.0. The molecule has 0 aliphatic carbocycles. The first-order valence-electron chi connectivity index (χ1n) is 8.66. The number of amidine groups is 1. The molecule has 2 aromatic rings. The number of nitrogens with two attached hydrogens (primary N) is 1. The number of nitrogens with zero attached hydrogens (tertiary/aromatic N) is 3. The highest BCUT2D eigenvalue weighted by atomic mass is 35.5. The number of nitrogen functional groups attached to an aromatic ring is 1. The van der Waals surface area contributed by atoms with Crippen molar-refractivity contribution in [3.8, 4) is 0 Å². The van der Waals surface area contributed by atoms with E-state index in [1.165, 1.54) is 6.20 Å². The van der Waals surface area contributed by atoms with E-state index in [4.69, 9.17) is 5.73 Å². The summed E-state index contributed by atoms with van der Waals surface area (Å²) in [5.74, 6) is 0.663. The van der Waals surface area contributed by atoms with E-state index in [1.54, 1.807) is 36.4 Å². The number of halogens is 1. The van der Waals surface area contributed by atoms with E-state index in [9.17, 15) is 13.2 Å². The Morgan fingerprint density at radius 3 is 2.54 bits per heavy atom. The first-order chi connectivity index (χ1) is 12.9. The fourth-order valence-electron chi connectivity index (χ4n) is 3.39. The third-order valence-corrected chi connectivity index (χ3v) is 6.16. The van der Waals surface area contributed by atoms with Crippen molar-refractivity contribution in [1.82, 2.24) is 9.88 Å². The number of piperidine rings is 1. The molecule has 2 aliphatic rings. The summed E-state index contributed by atoms with van der Waals surface area (Å²) < 4.78 is 28.4. The Hall–Kier alpha value is -2.65. The van der Waals surface area contributed by atoms with Crippen LogP contribution in [-0.4, -0.2) is 43.1 Å². The Labute approximate surface area is 169 Å². The minimum absolute atomic E-state index is 0. The fourth-order valence-corrected chi connectivity index (χ4v) is 4.62. The van der Waals surface area contributed by atoms with Crippen LogP contribution in [0.2, 0.25) is 0 Å². The summed E-state index contributed by atoms with van der Waals surface area (Å²) in [5, 5.41) is 2.85. The Kier molecular flexibility index (Phi) is 5.57. The largest absolute Gasteiger partial charge is 0.384 e. The van der Waals surface area contributed by atoms with Crippen molar-refractivity contribution in [1.29, 1.82) is 0 Å². The lowest BCUT2D eigenvalue weighted by Crippen LogP contribution is -2.41. The zero-order valence-corrected chi connectivity index (χ0v) is 16.5. The number of likely N-dealkylation sites (tertiary alicyclic amines) is 1. The lowest BCUT2D eigenvalue weighted by atomic mass is 9.95. The smallest absolute Gasteiger partial charge is 0.285 e. The van der Waals surface area contributed by atoms with E-state index in [0.29, 0.717) is 48.8 Å². The second-order valence-corrected chi connectivity index (χ2v) is 8.18. The van der Waals surface area contributed by atoms with Gasteiger partial charge in [0.2, 0.25) is 5.91 Å². The number of hydrogen-bond donors (Lipinski definition) is 2. The molecule has 1 amide bonds. The number of amides is 1. The lowest BCUT2D eigenvalue weighted by Gasteiger charge is -2.32. The summed E-state index contributed by atoms with van der Waals surface area (Å²) in [6.45, 7) is 1.14. The van der Waals surface area contributed by atoms with Gasteiger partial charge in [-0.3, -0.25) is 4.79 Å². The first kappa shape index (κ1) is 20.1. The SMILES string of the molecule is Cl.Nc1ccc(NC(=O)C2CCN(C3=NS(=O)(=O)c4ccccc43)CC2)cn1. The number of aromatic nitrogens is 1. The van der Waals surface area contributed by atoms with Crippen LogP contribution in [0.4, 0.5) is 11.5 Å². The van der Waals surface area contributed by atoms with Crippen molar-refractivity contribution < 1.29 is 13.2 Å². The highest BCUT2D eigenvalue weighted by molar-refractivity contribution is 7.90. The second-order valence-electron chi connectivity index (χ2n) is 6.61. The molecule has 3 N–H and O–H groups in total. The topological polar surface area (TPSA) is 118 Å². The van der Waals surface area contributed by atoms with Gasteiger partial charge in [0.05, 0.1) is 11.9 Å². The van der Waals surface area contributed by atoms with Gasteiger partial charge < -0.3 is 16.0 Å². The van der Waals surface area contributed by atoms with E-state index in [0.717, 1.165) is 0 Å². The molecule has 0 bridgehead atoms. The molecule has 148 valence electrons. The first-order valence-corrected chi connectivity index (χ1v) is 10.1. The third kappa shape index (κ3) is 3.81. The molecule has 3 heterocycles. The van der Waals surface area contributed by atoms with Gasteiger partial charge in [0.1, 0.15) is 10.7 Å². The van der Waals surface area contributed by atoms with Gasteiger partial charge in [-0.2, -0.15) is 8.42 Å². The summed E-state index contributed by atoms with van der Waals surface area (Å²) in [6, 6.07) is 10.2. The summed E-state index contributed by atoms with van der Waals surface area (Å²) in [7, 11) is -3.63. The molecule has 8 nitrogen and oxygen atoms in total. The Bertz CT molecular complexity index is 1020. The minimum Gasteiger partial charge on any atom is -0.384 e. The molecule has 1 fully saturated rings. The van der Waals surface area contributed by atoms with Gasteiger partial charge in [0.25, 0.3) is 10.0 Å². The summed E-state index contributed by atoms with van der Waals surface area (Å²) in [6.07, 6.45) is 2.77. The average molecular weight is 422 g/mol. The molecule has 1 aromatic heterocycles. The number of pyridine rings is 1. The van der Waals surface area contributed by atoms with E-state index in [1.807, 2.05) is 4.90 Å². The summed E-state index contributed by atoms with van der Waals surface area (Å²) in [5.41, 5.74) is 6.79.